The number of rotatable bonds is 4. The van der Waals surface area contributed by atoms with Gasteiger partial charge in [-0.25, -0.2) is 8.42 Å². The number of carboxylic acid groups (broad SMARTS) is 1. The van der Waals surface area contributed by atoms with Crippen molar-refractivity contribution < 1.29 is 31.5 Å². The Morgan fingerprint density at radius 1 is 1.04 bits per heavy atom. The van der Waals surface area contributed by atoms with Gasteiger partial charge in [-0.05, 0) is 28.8 Å². The number of halogens is 3. The molecular formula is C16H13F3O4S. The van der Waals surface area contributed by atoms with E-state index in [1.54, 1.807) is 0 Å². The second kappa shape index (κ2) is 6.27. The van der Waals surface area contributed by atoms with Gasteiger partial charge in [0.2, 0.25) is 0 Å². The third-order valence-corrected chi connectivity index (χ3v) is 4.48. The third-order valence-electron chi connectivity index (χ3n) is 3.33. The van der Waals surface area contributed by atoms with E-state index < -0.39 is 32.4 Å². The van der Waals surface area contributed by atoms with Crippen molar-refractivity contribution in [3.8, 4) is 11.1 Å². The lowest BCUT2D eigenvalue weighted by molar-refractivity contribution is -0.140. The summed E-state index contributed by atoms with van der Waals surface area (Å²) in [6.07, 6.45) is -4.28. The molecule has 0 fully saturated rings. The summed E-state index contributed by atoms with van der Waals surface area (Å²) in [5.74, 6) is -1.01. The molecule has 0 aromatic heterocycles. The number of carboxylic acids is 1. The molecule has 0 heterocycles. The van der Waals surface area contributed by atoms with Crippen LogP contribution in [0.2, 0.25) is 0 Å². The smallest absolute Gasteiger partial charge is 0.417 e. The normalized spacial score (nSPS) is 12.2. The minimum absolute atomic E-state index is 0.191. The lowest BCUT2D eigenvalue weighted by atomic mass is 10.0. The predicted octanol–water partition coefficient (Wildman–Crippen LogP) is 3.40. The Kier molecular flexibility index (Phi) is 4.70. The SMILES string of the molecule is CS(=O)(=O)c1ccc(-c2ccc(CC(=O)O)cc2)cc1C(F)(F)F. The van der Waals surface area contributed by atoms with Crippen molar-refractivity contribution in [1.29, 1.82) is 0 Å². The molecule has 2 aromatic rings. The molecule has 0 amide bonds. The maximum Gasteiger partial charge on any atom is 0.417 e. The monoisotopic (exact) mass is 358 g/mol. The van der Waals surface area contributed by atoms with E-state index in [2.05, 4.69) is 0 Å². The Balaban J connectivity index is 2.51. The highest BCUT2D eigenvalue weighted by Gasteiger charge is 2.36. The maximum absolute atomic E-state index is 13.2. The van der Waals surface area contributed by atoms with Crippen LogP contribution in [0.4, 0.5) is 13.2 Å². The zero-order valence-electron chi connectivity index (χ0n) is 12.5. The molecule has 0 aliphatic carbocycles. The minimum atomic E-state index is -4.81. The summed E-state index contributed by atoms with van der Waals surface area (Å²) in [6, 6.07) is 8.99. The fraction of sp³-hybridized carbons (Fsp3) is 0.188. The van der Waals surface area contributed by atoms with Crippen LogP contribution < -0.4 is 0 Å². The standard InChI is InChI=1S/C16H13F3O4S/c1-24(22,23)14-7-6-12(9-13(14)16(17,18)19)11-4-2-10(3-5-11)8-15(20)21/h2-7,9H,8H2,1H3,(H,20,21). The predicted molar refractivity (Wildman–Crippen MR) is 81.3 cm³/mol. The van der Waals surface area contributed by atoms with Crippen molar-refractivity contribution in [3.05, 3.63) is 53.6 Å². The molecule has 8 heteroatoms. The van der Waals surface area contributed by atoms with Crippen LogP contribution in [0, 0.1) is 0 Å². The molecule has 2 rings (SSSR count). The quantitative estimate of drug-likeness (QED) is 0.909. The van der Waals surface area contributed by atoms with Gasteiger partial charge in [0.1, 0.15) is 0 Å². The molecule has 4 nitrogen and oxygen atoms in total. The van der Waals surface area contributed by atoms with Gasteiger partial charge >= 0.3 is 12.1 Å². The molecule has 24 heavy (non-hydrogen) atoms. The molecule has 0 spiro atoms. The molecule has 0 aliphatic heterocycles. The number of benzene rings is 2. The van der Waals surface area contributed by atoms with Crippen LogP contribution in [0.5, 0.6) is 0 Å². The fourth-order valence-electron chi connectivity index (χ4n) is 2.24. The Hall–Kier alpha value is -2.35. The van der Waals surface area contributed by atoms with E-state index in [1.165, 1.54) is 30.3 Å². The van der Waals surface area contributed by atoms with Crippen LogP contribution in [-0.2, 0) is 27.2 Å². The zero-order chi connectivity index (χ0) is 18.1. The maximum atomic E-state index is 13.2. The molecule has 0 unspecified atom stereocenters. The first-order chi connectivity index (χ1) is 11.0. The lowest BCUT2D eigenvalue weighted by Gasteiger charge is -2.13. The number of aliphatic carboxylic acids is 1. The van der Waals surface area contributed by atoms with Crippen LogP contribution in [-0.4, -0.2) is 25.7 Å². The van der Waals surface area contributed by atoms with Gasteiger partial charge in [0.25, 0.3) is 0 Å². The van der Waals surface area contributed by atoms with Crippen molar-refractivity contribution in [2.45, 2.75) is 17.5 Å². The molecule has 0 bridgehead atoms. The highest BCUT2D eigenvalue weighted by atomic mass is 32.2. The molecular weight excluding hydrogens is 345 g/mol. The van der Waals surface area contributed by atoms with Gasteiger partial charge in [0.15, 0.2) is 9.84 Å². The van der Waals surface area contributed by atoms with Crippen LogP contribution in [0.25, 0.3) is 11.1 Å². The van der Waals surface area contributed by atoms with Gasteiger partial charge in [-0.3, -0.25) is 4.79 Å². The number of alkyl halides is 3. The van der Waals surface area contributed by atoms with Crippen molar-refractivity contribution in [2.75, 3.05) is 6.26 Å². The molecule has 1 N–H and O–H groups in total. The Labute approximate surface area is 136 Å². The van der Waals surface area contributed by atoms with E-state index in [0.717, 1.165) is 18.4 Å². The van der Waals surface area contributed by atoms with E-state index >= 15 is 0 Å². The van der Waals surface area contributed by atoms with Gasteiger partial charge in [-0.1, -0.05) is 30.3 Å². The second-order valence-corrected chi connectivity index (χ2v) is 7.23. The van der Waals surface area contributed by atoms with Gasteiger partial charge in [-0.15, -0.1) is 0 Å². The Morgan fingerprint density at radius 2 is 1.58 bits per heavy atom. The Bertz CT molecular complexity index is 869. The molecule has 2 aromatic carbocycles. The summed E-state index contributed by atoms with van der Waals surface area (Å²) in [7, 11) is -4.02. The summed E-state index contributed by atoms with van der Waals surface area (Å²) in [5.41, 5.74) is -0.0987. The van der Waals surface area contributed by atoms with Gasteiger partial charge in [0, 0.05) is 6.26 Å². The summed E-state index contributed by atoms with van der Waals surface area (Å²) >= 11 is 0. The molecule has 0 saturated carbocycles. The van der Waals surface area contributed by atoms with Crippen molar-refractivity contribution in [3.63, 3.8) is 0 Å². The average Bonchev–Trinajstić information content (AvgIpc) is 2.45. The topological polar surface area (TPSA) is 71.4 Å². The zero-order valence-corrected chi connectivity index (χ0v) is 13.3. The van der Waals surface area contributed by atoms with Crippen LogP contribution in [0.3, 0.4) is 0 Å². The second-order valence-electron chi connectivity index (χ2n) is 5.25. The molecule has 0 atom stereocenters. The lowest BCUT2D eigenvalue weighted by Crippen LogP contribution is -2.12. The van der Waals surface area contributed by atoms with Crippen LogP contribution in [0.1, 0.15) is 11.1 Å². The highest BCUT2D eigenvalue weighted by molar-refractivity contribution is 7.90. The first-order valence-corrected chi connectivity index (χ1v) is 8.60. The van der Waals surface area contributed by atoms with Gasteiger partial charge in [-0.2, -0.15) is 13.2 Å². The fourth-order valence-corrected chi connectivity index (χ4v) is 3.13. The number of hydrogen-bond donors (Lipinski definition) is 1. The molecule has 128 valence electrons. The third kappa shape index (κ3) is 4.14. The highest BCUT2D eigenvalue weighted by Crippen LogP contribution is 2.37. The number of carbonyl (C=O) groups is 1. The summed E-state index contributed by atoms with van der Waals surface area (Å²) in [4.78, 5) is 9.85. The first-order valence-electron chi connectivity index (χ1n) is 6.71. The van der Waals surface area contributed by atoms with E-state index in [9.17, 15) is 26.4 Å². The van der Waals surface area contributed by atoms with E-state index in [0.29, 0.717) is 11.1 Å². The summed E-state index contributed by atoms with van der Waals surface area (Å²) in [5, 5.41) is 8.70. The van der Waals surface area contributed by atoms with E-state index in [1.807, 2.05) is 0 Å². The number of sulfone groups is 1. The largest absolute Gasteiger partial charge is 0.481 e. The number of hydrogen-bond acceptors (Lipinski definition) is 3. The van der Waals surface area contributed by atoms with Crippen LogP contribution >= 0.6 is 0 Å². The van der Waals surface area contributed by atoms with Gasteiger partial charge < -0.3 is 5.11 Å². The molecule has 0 radical (unpaired) electrons. The van der Waals surface area contributed by atoms with Crippen molar-refractivity contribution >= 4 is 15.8 Å². The average molecular weight is 358 g/mol. The minimum Gasteiger partial charge on any atom is -0.481 e. The summed E-state index contributed by atoms with van der Waals surface area (Å²) < 4.78 is 62.5. The van der Waals surface area contributed by atoms with Crippen molar-refractivity contribution in [2.24, 2.45) is 0 Å². The summed E-state index contributed by atoms with van der Waals surface area (Å²) in [6.45, 7) is 0. The molecule has 0 saturated heterocycles. The van der Waals surface area contributed by atoms with Crippen LogP contribution in [0.15, 0.2) is 47.4 Å². The molecule has 0 aliphatic rings. The Morgan fingerprint density at radius 3 is 2.04 bits per heavy atom. The van der Waals surface area contributed by atoms with E-state index in [4.69, 9.17) is 5.11 Å². The van der Waals surface area contributed by atoms with Gasteiger partial charge in [0.05, 0.1) is 16.9 Å². The first kappa shape index (κ1) is 18.0. The van der Waals surface area contributed by atoms with Crippen molar-refractivity contribution in [1.82, 2.24) is 0 Å². The van der Waals surface area contributed by atoms with E-state index in [-0.39, 0.29) is 12.0 Å².